The highest BCUT2D eigenvalue weighted by molar-refractivity contribution is 5.79. The molecule has 0 spiro atoms. The predicted molar refractivity (Wildman–Crippen MR) is 97.4 cm³/mol. The van der Waals surface area contributed by atoms with Crippen LogP contribution in [0.5, 0.6) is 0 Å². The third-order valence-electron chi connectivity index (χ3n) is 5.17. The van der Waals surface area contributed by atoms with Crippen molar-refractivity contribution in [2.45, 2.75) is 20.4 Å². The Balaban J connectivity index is 1.44. The van der Waals surface area contributed by atoms with Crippen LogP contribution in [0.4, 0.5) is 10.1 Å². The largest absolute Gasteiger partial charge is 0.369 e. The molecule has 1 aliphatic rings. The number of nitrogens with zero attached hydrogens (tertiary/aromatic N) is 3. The van der Waals surface area contributed by atoms with Gasteiger partial charge in [0.15, 0.2) is 5.58 Å². The van der Waals surface area contributed by atoms with Crippen molar-refractivity contribution in [3.05, 3.63) is 59.0 Å². The molecule has 0 atom stereocenters. The quantitative estimate of drug-likeness (QED) is 0.724. The van der Waals surface area contributed by atoms with E-state index in [4.69, 9.17) is 4.52 Å². The molecule has 1 fully saturated rings. The Labute approximate surface area is 146 Å². The van der Waals surface area contributed by atoms with Crippen LogP contribution in [0, 0.1) is 19.7 Å². The van der Waals surface area contributed by atoms with Gasteiger partial charge in [-0.25, -0.2) is 4.39 Å². The molecule has 0 saturated carbocycles. The second kappa shape index (κ2) is 6.48. The summed E-state index contributed by atoms with van der Waals surface area (Å²) in [4.78, 5) is 4.83. The molecule has 0 aliphatic carbocycles. The molecule has 1 aliphatic heterocycles. The average Bonchev–Trinajstić information content (AvgIpc) is 3.00. The zero-order valence-corrected chi connectivity index (χ0v) is 14.6. The minimum absolute atomic E-state index is 0.294. The first-order valence-corrected chi connectivity index (χ1v) is 8.69. The van der Waals surface area contributed by atoms with Gasteiger partial charge >= 0.3 is 0 Å². The summed E-state index contributed by atoms with van der Waals surface area (Å²) in [5, 5.41) is 5.04. The van der Waals surface area contributed by atoms with Gasteiger partial charge in [-0.2, -0.15) is 0 Å². The normalized spacial score (nSPS) is 15.9. The fraction of sp³-hybridized carbons (Fsp3) is 0.350. The maximum atomic E-state index is 13.3. The number of hydrogen-bond donors (Lipinski definition) is 0. The Bertz CT molecular complexity index is 897. The standard InChI is InChI=1S/C20H22FN3O/c1-14-4-3-5-19(15(14)2)24-10-8-23(9-11-24)13-18-17-7-6-16(21)12-20(17)25-22-18/h3-7,12H,8-11,13H2,1-2H3. The van der Waals surface area contributed by atoms with Crippen LogP contribution in [-0.2, 0) is 6.54 Å². The van der Waals surface area contributed by atoms with Gasteiger partial charge in [-0.1, -0.05) is 17.3 Å². The molecule has 0 unspecified atom stereocenters. The summed E-state index contributed by atoms with van der Waals surface area (Å²) in [7, 11) is 0. The number of piperazine rings is 1. The Morgan fingerprint density at radius 2 is 1.88 bits per heavy atom. The number of fused-ring (bicyclic) bond motifs is 1. The molecule has 4 nitrogen and oxygen atoms in total. The van der Waals surface area contributed by atoms with Gasteiger partial charge < -0.3 is 9.42 Å². The maximum absolute atomic E-state index is 13.3. The van der Waals surface area contributed by atoms with Crippen LogP contribution in [0.3, 0.4) is 0 Å². The lowest BCUT2D eigenvalue weighted by atomic mass is 10.1. The van der Waals surface area contributed by atoms with E-state index in [1.165, 1.54) is 28.9 Å². The Hall–Kier alpha value is -2.40. The lowest BCUT2D eigenvalue weighted by Gasteiger charge is -2.36. The minimum atomic E-state index is -0.294. The fourth-order valence-electron chi connectivity index (χ4n) is 3.51. The van der Waals surface area contributed by atoms with Crippen LogP contribution in [0.2, 0.25) is 0 Å². The molecule has 0 amide bonds. The van der Waals surface area contributed by atoms with Crippen molar-refractivity contribution in [2.75, 3.05) is 31.1 Å². The van der Waals surface area contributed by atoms with Gasteiger partial charge in [0, 0.05) is 49.9 Å². The second-order valence-electron chi connectivity index (χ2n) is 6.75. The third kappa shape index (κ3) is 3.12. The summed E-state index contributed by atoms with van der Waals surface area (Å²) in [6, 6.07) is 11.1. The Morgan fingerprint density at radius 3 is 2.68 bits per heavy atom. The average molecular weight is 339 g/mol. The van der Waals surface area contributed by atoms with Gasteiger partial charge in [-0.3, -0.25) is 4.90 Å². The van der Waals surface area contributed by atoms with Crippen LogP contribution in [0.1, 0.15) is 16.8 Å². The van der Waals surface area contributed by atoms with Gasteiger partial charge in [0.05, 0.1) is 0 Å². The first kappa shape index (κ1) is 16.1. The topological polar surface area (TPSA) is 32.5 Å². The highest BCUT2D eigenvalue weighted by Crippen LogP contribution is 2.25. The van der Waals surface area contributed by atoms with Crippen molar-refractivity contribution in [1.82, 2.24) is 10.1 Å². The number of benzene rings is 2. The number of hydrogen-bond acceptors (Lipinski definition) is 4. The van der Waals surface area contributed by atoms with Crippen molar-refractivity contribution in [2.24, 2.45) is 0 Å². The van der Waals surface area contributed by atoms with Crippen molar-refractivity contribution in [3.8, 4) is 0 Å². The zero-order chi connectivity index (χ0) is 17.4. The van der Waals surface area contributed by atoms with E-state index in [-0.39, 0.29) is 5.82 Å². The summed E-state index contributed by atoms with van der Waals surface area (Å²) in [6.07, 6.45) is 0. The van der Waals surface area contributed by atoms with E-state index in [0.29, 0.717) is 5.58 Å². The molecule has 1 saturated heterocycles. The summed E-state index contributed by atoms with van der Waals surface area (Å²) in [6.45, 7) is 9.03. The molecule has 4 rings (SSSR count). The molecule has 1 aromatic heterocycles. The zero-order valence-electron chi connectivity index (χ0n) is 14.6. The van der Waals surface area contributed by atoms with Gasteiger partial charge in [0.1, 0.15) is 11.5 Å². The van der Waals surface area contributed by atoms with E-state index in [0.717, 1.165) is 43.8 Å². The first-order chi connectivity index (χ1) is 12.1. The molecule has 25 heavy (non-hydrogen) atoms. The van der Waals surface area contributed by atoms with Crippen LogP contribution >= 0.6 is 0 Å². The van der Waals surface area contributed by atoms with Crippen molar-refractivity contribution < 1.29 is 8.91 Å². The molecule has 0 bridgehead atoms. The Morgan fingerprint density at radius 1 is 1.08 bits per heavy atom. The van der Waals surface area contributed by atoms with Gasteiger partial charge in [-0.05, 0) is 43.2 Å². The van der Waals surface area contributed by atoms with Crippen molar-refractivity contribution >= 4 is 16.7 Å². The molecular formula is C20H22FN3O. The van der Waals surface area contributed by atoms with E-state index in [9.17, 15) is 4.39 Å². The number of halogens is 1. The smallest absolute Gasteiger partial charge is 0.170 e. The number of anilines is 1. The van der Waals surface area contributed by atoms with E-state index in [1.807, 2.05) is 0 Å². The third-order valence-corrected chi connectivity index (χ3v) is 5.17. The molecule has 130 valence electrons. The predicted octanol–water partition coefficient (Wildman–Crippen LogP) is 3.91. The van der Waals surface area contributed by atoms with Crippen LogP contribution in [0.25, 0.3) is 11.0 Å². The summed E-state index contributed by atoms with van der Waals surface area (Å²) >= 11 is 0. The molecule has 0 N–H and O–H groups in total. The lowest BCUT2D eigenvalue weighted by molar-refractivity contribution is 0.243. The molecule has 0 radical (unpaired) electrons. The van der Waals surface area contributed by atoms with E-state index >= 15 is 0 Å². The maximum Gasteiger partial charge on any atom is 0.170 e. The number of aryl methyl sites for hydroxylation is 1. The minimum Gasteiger partial charge on any atom is -0.369 e. The van der Waals surface area contributed by atoms with E-state index in [2.05, 4.69) is 47.0 Å². The number of rotatable bonds is 3. The number of aromatic nitrogens is 1. The summed E-state index contributed by atoms with van der Waals surface area (Å²) < 4.78 is 18.5. The Kier molecular flexibility index (Phi) is 4.17. The fourth-order valence-corrected chi connectivity index (χ4v) is 3.51. The molecule has 5 heteroatoms. The van der Waals surface area contributed by atoms with Gasteiger partial charge in [-0.15, -0.1) is 0 Å². The summed E-state index contributed by atoms with van der Waals surface area (Å²) in [5.74, 6) is -0.294. The molecule has 2 aromatic carbocycles. The van der Waals surface area contributed by atoms with Crippen LogP contribution in [-0.4, -0.2) is 36.2 Å². The SMILES string of the molecule is Cc1cccc(N2CCN(Cc3noc4cc(F)ccc34)CC2)c1C. The van der Waals surface area contributed by atoms with Crippen LogP contribution in [0.15, 0.2) is 40.9 Å². The highest BCUT2D eigenvalue weighted by Gasteiger charge is 2.20. The second-order valence-corrected chi connectivity index (χ2v) is 6.75. The van der Waals surface area contributed by atoms with E-state index in [1.54, 1.807) is 6.07 Å². The molecule has 2 heterocycles. The van der Waals surface area contributed by atoms with Crippen LogP contribution < -0.4 is 4.90 Å². The highest BCUT2D eigenvalue weighted by atomic mass is 19.1. The van der Waals surface area contributed by atoms with Crippen molar-refractivity contribution in [1.29, 1.82) is 0 Å². The van der Waals surface area contributed by atoms with Crippen molar-refractivity contribution in [3.63, 3.8) is 0 Å². The van der Waals surface area contributed by atoms with E-state index < -0.39 is 0 Å². The monoisotopic (exact) mass is 339 g/mol. The molecular weight excluding hydrogens is 317 g/mol. The molecule has 3 aromatic rings. The first-order valence-electron chi connectivity index (χ1n) is 8.69. The van der Waals surface area contributed by atoms with Gasteiger partial charge in [0.2, 0.25) is 0 Å². The lowest BCUT2D eigenvalue weighted by Crippen LogP contribution is -2.46. The van der Waals surface area contributed by atoms with Gasteiger partial charge in [0.25, 0.3) is 0 Å². The summed E-state index contributed by atoms with van der Waals surface area (Å²) in [5.41, 5.74) is 5.43.